The highest BCUT2D eigenvalue weighted by Gasteiger charge is 2.25. The van der Waals surface area contributed by atoms with E-state index in [1.54, 1.807) is 0 Å². The van der Waals surface area contributed by atoms with Crippen molar-refractivity contribution in [3.05, 3.63) is 0 Å². The molecule has 0 amide bonds. The van der Waals surface area contributed by atoms with Gasteiger partial charge in [0.15, 0.2) is 0 Å². The van der Waals surface area contributed by atoms with Crippen LogP contribution in [0, 0.1) is 0 Å². The zero-order valence-electron chi connectivity index (χ0n) is 10.2. The van der Waals surface area contributed by atoms with Crippen molar-refractivity contribution in [2.24, 2.45) is 0 Å². The van der Waals surface area contributed by atoms with Crippen LogP contribution >= 0.6 is 0 Å². The summed E-state index contributed by atoms with van der Waals surface area (Å²) in [5.41, 5.74) is 0. The van der Waals surface area contributed by atoms with E-state index in [0.29, 0.717) is 0 Å². The van der Waals surface area contributed by atoms with Crippen molar-refractivity contribution in [1.29, 1.82) is 0 Å². The average Bonchev–Trinajstić information content (AvgIpc) is 2.58. The van der Waals surface area contributed by atoms with Gasteiger partial charge >= 0.3 is 0 Å². The molecule has 0 aromatic rings. The first-order valence-electron chi connectivity index (χ1n) is 6.81. The molecule has 0 bridgehead atoms. The third kappa shape index (κ3) is 3.18. The molecule has 1 saturated carbocycles. The van der Waals surface area contributed by atoms with Gasteiger partial charge in [0.25, 0.3) is 0 Å². The van der Waals surface area contributed by atoms with Crippen LogP contribution in [0.1, 0.15) is 51.4 Å². The van der Waals surface area contributed by atoms with E-state index >= 15 is 0 Å². The number of likely N-dealkylation sites (tertiary alicyclic amines) is 1. The summed E-state index contributed by atoms with van der Waals surface area (Å²) in [7, 11) is 2.12. The highest BCUT2D eigenvalue weighted by atomic mass is 15.2. The van der Waals surface area contributed by atoms with Gasteiger partial charge in [-0.2, -0.15) is 0 Å². The molecular weight excluding hydrogens is 184 g/mol. The Balaban J connectivity index is 1.84. The van der Waals surface area contributed by atoms with Gasteiger partial charge in [0, 0.05) is 12.1 Å². The Bertz CT molecular complexity index is 173. The molecule has 0 spiro atoms. The summed E-state index contributed by atoms with van der Waals surface area (Å²) in [6.07, 6.45) is 11.4. The van der Waals surface area contributed by atoms with Crippen LogP contribution in [0.5, 0.6) is 0 Å². The van der Waals surface area contributed by atoms with Gasteiger partial charge in [-0.1, -0.05) is 19.3 Å². The van der Waals surface area contributed by atoms with Crippen LogP contribution in [0.3, 0.4) is 0 Å². The second kappa shape index (κ2) is 5.86. The zero-order chi connectivity index (χ0) is 10.5. The molecule has 0 aromatic heterocycles. The van der Waals surface area contributed by atoms with Gasteiger partial charge in [0.2, 0.25) is 0 Å². The molecule has 2 atom stereocenters. The summed E-state index contributed by atoms with van der Waals surface area (Å²) in [6, 6.07) is 1.67. The molecule has 0 aromatic carbocycles. The quantitative estimate of drug-likeness (QED) is 0.753. The SMILES string of the molecule is CNC1CCCC(N2CCCCCC2)C1. The monoisotopic (exact) mass is 210 g/mol. The molecule has 1 saturated heterocycles. The van der Waals surface area contributed by atoms with Gasteiger partial charge in [0.05, 0.1) is 0 Å². The van der Waals surface area contributed by atoms with Crippen molar-refractivity contribution in [3.63, 3.8) is 0 Å². The zero-order valence-corrected chi connectivity index (χ0v) is 10.2. The van der Waals surface area contributed by atoms with Gasteiger partial charge in [-0.25, -0.2) is 0 Å². The van der Waals surface area contributed by atoms with Gasteiger partial charge in [-0.15, -0.1) is 0 Å². The molecule has 2 heteroatoms. The maximum Gasteiger partial charge on any atom is 0.0110 e. The minimum atomic E-state index is 0.784. The van der Waals surface area contributed by atoms with Crippen LogP contribution in [0.15, 0.2) is 0 Å². The fourth-order valence-corrected chi connectivity index (χ4v) is 3.22. The number of nitrogens with one attached hydrogen (secondary N) is 1. The number of nitrogens with zero attached hydrogens (tertiary/aromatic N) is 1. The second-order valence-electron chi connectivity index (χ2n) is 5.26. The largest absolute Gasteiger partial charge is 0.317 e. The highest BCUT2D eigenvalue weighted by Crippen LogP contribution is 2.25. The fraction of sp³-hybridized carbons (Fsp3) is 1.00. The Labute approximate surface area is 94.4 Å². The Hall–Kier alpha value is -0.0800. The van der Waals surface area contributed by atoms with Crippen LogP contribution in [0.4, 0.5) is 0 Å². The smallest absolute Gasteiger partial charge is 0.0110 e. The van der Waals surface area contributed by atoms with Crippen molar-refractivity contribution in [3.8, 4) is 0 Å². The first kappa shape index (κ1) is 11.4. The lowest BCUT2D eigenvalue weighted by Gasteiger charge is -2.37. The standard InChI is InChI=1S/C13H26N2/c1-14-12-7-6-8-13(11-12)15-9-4-2-3-5-10-15/h12-14H,2-11H2,1H3. The molecule has 2 aliphatic rings. The highest BCUT2D eigenvalue weighted by molar-refractivity contribution is 4.84. The number of hydrogen-bond donors (Lipinski definition) is 1. The minimum absolute atomic E-state index is 0.784. The van der Waals surface area contributed by atoms with Crippen LogP contribution in [0.2, 0.25) is 0 Å². The molecule has 2 fully saturated rings. The predicted octanol–water partition coefficient (Wildman–Crippen LogP) is 2.39. The van der Waals surface area contributed by atoms with E-state index in [-0.39, 0.29) is 0 Å². The lowest BCUT2D eigenvalue weighted by atomic mass is 9.90. The van der Waals surface area contributed by atoms with Gasteiger partial charge in [-0.3, -0.25) is 0 Å². The Morgan fingerprint density at radius 2 is 1.67 bits per heavy atom. The summed E-state index contributed by atoms with van der Waals surface area (Å²) < 4.78 is 0. The normalized spacial score (nSPS) is 35.0. The first-order valence-corrected chi connectivity index (χ1v) is 6.81. The summed E-state index contributed by atoms with van der Waals surface area (Å²) in [5.74, 6) is 0. The molecule has 2 nitrogen and oxygen atoms in total. The molecule has 1 aliphatic heterocycles. The molecule has 1 heterocycles. The van der Waals surface area contributed by atoms with Crippen LogP contribution in [-0.2, 0) is 0 Å². The maximum atomic E-state index is 3.46. The van der Waals surface area contributed by atoms with Crippen LogP contribution in [0.25, 0.3) is 0 Å². The third-order valence-electron chi connectivity index (χ3n) is 4.21. The van der Waals surface area contributed by atoms with Gasteiger partial charge in [0.1, 0.15) is 0 Å². The molecule has 1 N–H and O–H groups in total. The molecule has 88 valence electrons. The molecule has 1 aliphatic carbocycles. The Kier molecular flexibility index (Phi) is 4.45. The van der Waals surface area contributed by atoms with Crippen molar-refractivity contribution in [2.45, 2.75) is 63.5 Å². The summed E-state index contributed by atoms with van der Waals surface area (Å²) in [4.78, 5) is 2.77. The van der Waals surface area contributed by atoms with E-state index in [9.17, 15) is 0 Å². The van der Waals surface area contributed by atoms with E-state index in [2.05, 4.69) is 17.3 Å². The molecule has 0 radical (unpaired) electrons. The first-order chi connectivity index (χ1) is 7.40. The third-order valence-corrected chi connectivity index (χ3v) is 4.21. The van der Waals surface area contributed by atoms with E-state index in [1.807, 2.05) is 0 Å². The van der Waals surface area contributed by atoms with E-state index in [1.165, 1.54) is 64.5 Å². The van der Waals surface area contributed by atoms with Crippen LogP contribution < -0.4 is 5.32 Å². The van der Waals surface area contributed by atoms with Crippen molar-refractivity contribution < 1.29 is 0 Å². The van der Waals surface area contributed by atoms with Crippen molar-refractivity contribution >= 4 is 0 Å². The Morgan fingerprint density at radius 1 is 0.933 bits per heavy atom. The van der Waals surface area contributed by atoms with E-state index in [0.717, 1.165) is 12.1 Å². The van der Waals surface area contributed by atoms with E-state index < -0.39 is 0 Å². The lowest BCUT2D eigenvalue weighted by Crippen LogP contribution is -2.43. The Morgan fingerprint density at radius 3 is 2.33 bits per heavy atom. The van der Waals surface area contributed by atoms with Crippen molar-refractivity contribution in [1.82, 2.24) is 10.2 Å². The summed E-state index contributed by atoms with van der Waals surface area (Å²) in [6.45, 7) is 2.72. The minimum Gasteiger partial charge on any atom is -0.317 e. The number of hydrogen-bond acceptors (Lipinski definition) is 2. The molecule has 2 rings (SSSR count). The summed E-state index contributed by atoms with van der Waals surface area (Å²) in [5, 5.41) is 3.46. The van der Waals surface area contributed by atoms with Gasteiger partial charge in [-0.05, 0) is 52.2 Å². The van der Waals surface area contributed by atoms with Crippen molar-refractivity contribution in [2.75, 3.05) is 20.1 Å². The maximum absolute atomic E-state index is 3.46. The van der Waals surface area contributed by atoms with Gasteiger partial charge < -0.3 is 10.2 Å². The molecule has 2 unspecified atom stereocenters. The summed E-state index contributed by atoms with van der Waals surface area (Å²) >= 11 is 0. The van der Waals surface area contributed by atoms with E-state index in [4.69, 9.17) is 0 Å². The molecular formula is C13H26N2. The predicted molar refractivity (Wildman–Crippen MR) is 65.1 cm³/mol. The van der Waals surface area contributed by atoms with Crippen LogP contribution in [-0.4, -0.2) is 37.1 Å². The fourth-order valence-electron chi connectivity index (χ4n) is 3.22. The average molecular weight is 210 g/mol. The lowest BCUT2D eigenvalue weighted by molar-refractivity contribution is 0.146. The topological polar surface area (TPSA) is 15.3 Å². The number of rotatable bonds is 2. The second-order valence-corrected chi connectivity index (χ2v) is 5.26. The molecule has 15 heavy (non-hydrogen) atoms.